The number of hydrogen-bond acceptors (Lipinski definition) is 3. The van der Waals surface area contributed by atoms with E-state index in [2.05, 4.69) is 0 Å². The number of sulfonamides is 1. The Morgan fingerprint density at radius 1 is 1.23 bits per heavy atom. The monoisotopic (exact) mass is 335 g/mol. The van der Waals surface area contributed by atoms with Crippen molar-refractivity contribution in [2.75, 3.05) is 6.54 Å². The summed E-state index contributed by atoms with van der Waals surface area (Å²) in [6.45, 7) is -0.0558. The number of halogens is 3. The molecule has 2 fully saturated rings. The Balaban J connectivity index is 1.95. The fourth-order valence-electron chi connectivity index (χ4n) is 2.85. The van der Waals surface area contributed by atoms with Gasteiger partial charge in [-0.3, -0.25) is 0 Å². The largest absolute Gasteiger partial charge is 0.416 e. The van der Waals surface area contributed by atoms with Crippen LogP contribution in [-0.4, -0.2) is 35.7 Å². The van der Waals surface area contributed by atoms with Gasteiger partial charge >= 0.3 is 6.18 Å². The van der Waals surface area contributed by atoms with Crippen LogP contribution in [0.5, 0.6) is 0 Å². The van der Waals surface area contributed by atoms with Gasteiger partial charge in [-0.2, -0.15) is 17.5 Å². The lowest BCUT2D eigenvalue weighted by Gasteiger charge is -2.24. The summed E-state index contributed by atoms with van der Waals surface area (Å²) < 4.78 is 64.4. The maximum Gasteiger partial charge on any atom is 0.416 e. The molecule has 1 aromatic carbocycles. The summed E-state index contributed by atoms with van der Waals surface area (Å²) in [5, 5.41) is 9.34. The second-order valence-electron chi connectivity index (χ2n) is 5.84. The van der Waals surface area contributed by atoms with Crippen molar-refractivity contribution in [1.82, 2.24) is 4.31 Å². The van der Waals surface area contributed by atoms with E-state index in [1.165, 1.54) is 16.4 Å². The number of hydrogen-bond donors (Lipinski definition) is 1. The molecule has 0 bridgehead atoms. The molecular formula is C14H16F3NO3S. The third kappa shape index (κ3) is 2.87. The minimum Gasteiger partial charge on any atom is -0.392 e. The third-order valence-corrected chi connectivity index (χ3v) is 6.48. The van der Waals surface area contributed by atoms with Crippen molar-refractivity contribution in [2.45, 2.75) is 42.8 Å². The molecule has 22 heavy (non-hydrogen) atoms. The van der Waals surface area contributed by atoms with Crippen molar-refractivity contribution in [2.24, 2.45) is 0 Å². The molecule has 122 valence electrons. The summed E-state index contributed by atoms with van der Waals surface area (Å²) in [6, 6.07) is 3.94. The van der Waals surface area contributed by atoms with E-state index in [-0.39, 0.29) is 18.5 Å². The molecule has 0 unspecified atom stereocenters. The maximum atomic E-state index is 12.8. The normalized spacial score (nSPS) is 27.3. The topological polar surface area (TPSA) is 57.6 Å². The molecule has 1 heterocycles. The summed E-state index contributed by atoms with van der Waals surface area (Å²) in [7, 11) is -3.55. The average Bonchev–Trinajstić information content (AvgIpc) is 3.21. The number of alkyl halides is 3. The molecule has 1 saturated heterocycles. The first-order valence-electron chi connectivity index (χ1n) is 7.05. The van der Waals surface area contributed by atoms with Crippen molar-refractivity contribution >= 4 is 10.0 Å². The van der Waals surface area contributed by atoms with Crippen LogP contribution in [-0.2, 0) is 16.2 Å². The minimum atomic E-state index is -4.48. The zero-order chi connectivity index (χ0) is 16.1. The molecule has 1 aliphatic heterocycles. The van der Waals surface area contributed by atoms with Gasteiger partial charge in [0.25, 0.3) is 0 Å². The molecule has 0 amide bonds. The van der Waals surface area contributed by atoms with E-state index in [0.717, 1.165) is 12.1 Å². The van der Waals surface area contributed by atoms with Gasteiger partial charge in [0, 0.05) is 6.54 Å². The second kappa shape index (κ2) is 5.21. The predicted octanol–water partition coefficient (Wildman–Crippen LogP) is 2.31. The van der Waals surface area contributed by atoms with E-state index in [4.69, 9.17) is 0 Å². The highest BCUT2D eigenvalue weighted by Crippen LogP contribution is 2.41. The van der Waals surface area contributed by atoms with Gasteiger partial charge in [-0.05, 0) is 37.0 Å². The van der Waals surface area contributed by atoms with E-state index in [1.807, 2.05) is 0 Å². The van der Waals surface area contributed by atoms with Crippen LogP contribution >= 0.6 is 0 Å². The Hall–Kier alpha value is -1.12. The first-order valence-corrected chi connectivity index (χ1v) is 8.56. The van der Waals surface area contributed by atoms with Gasteiger partial charge in [-0.1, -0.05) is 12.1 Å². The Labute approximate surface area is 126 Å². The van der Waals surface area contributed by atoms with E-state index < -0.39 is 39.2 Å². The smallest absolute Gasteiger partial charge is 0.392 e. The van der Waals surface area contributed by atoms with Crippen LogP contribution in [0.25, 0.3) is 0 Å². The lowest BCUT2D eigenvalue weighted by Crippen LogP contribution is -2.34. The molecule has 3 rings (SSSR count). The molecule has 2 aliphatic rings. The summed E-state index contributed by atoms with van der Waals surface area (Å²) in [6.07, 6.45) is -4.07. The second-order valence-corrected chi connectivity index (χ2v) is 8.01. The maximum absolute atomic E-state index is 12.8. The number of rotatable bonds is 3. The fraction of sp³-hybridized carbons (Fsp3) is 0.571. The molecule has 1 N–H and O–H groups in total. The van der Waals surface area contributed by atoms with Crippen LogP contribution < -0.4 is 0 Å². The van der Waals surface area contributed by atoms with Gasteiger partial charge < -0.3 is 5.11 Å². The molecule has 4 nitrogen and oxygen atoms in total. The van der Waals surface area contributed by atoms with Gasteiger partial charge in [-0.25, -0.2) is 8.42 Å². The van der Waals surface area contributed by atoms with E-state index in [0.29, 0.717) is 12.8 Å². The lowest BCUT2D eigenvalue weighted by atomic mass is 10.0. The SMILES string of the molecule is O=S(=O)(C1CC1)N1C[C@H](O)C[C@@H]1c1cccc(C(F)(F)F)c1. The van der Waals surface area contributed by atoms with Crippen LogP contribution in [0.4, 0.5) is 13.2 Å². The Morgan fingerprint density at radius 3 is 2.50 bits per heavy atom. The average molecular weight is 335 g/mol. The van der Waals surface area contributed by atoms with Crippen LogP contribution in [0, 0.1) is 0 Å². The molecular weight excluding hydrogens is 319 g/mol. The third-order valence-electron chi connectivity index (χ3n) is 4.10. The van der Waals surface area contributed by atoms with Gasteiger partial charge in [-0.15, -0.1) is 0 Å². The van der Waals surface area contributed by atoms with Crippen LogP contribution in [0.3, 0.4) is 0 Å². The van der Waals surface area contributed by atoms with E-state index in [9.17, 15) is 26.7 Å². The first kappa shape index (κ1) is 15.8. The number of aliphatic hydroxyl groups is 1. The van der Waals surface area contributed by atoms with Gasteiger partial charge in [0.2, 0.25) is 10.0 Å². The zero-order valence-electron chi connectivity index (χ0n) is 11.6. The predicted molar refractivity (Wildman–Crippen MR) is 73.5 cm³/mol. The Bertz CT molecular complexity index is 670. The van der Waals surface area contributed by atoms with Crippen molar-refractivity contribution in [1.29, 1.82) is 0 Å². The first-order chi connectivity index (χ1) is 10.2. The molecule has 8 heteroatoms. The molecule has 1 saturated carbocycles. The number of benzene rings is 1. The zero-order valence-corrected chi connectivity index (χ0v) is 12.4. The van der Waals surface area contributed by atoms with Crippen LogP contribution in [0.15, 0.2) is 24.3 Å². The highest BCUT2D eigenvalue weighted by Gasteiger charge is 2.47. The standard InChI is InChI=1S/C14H16F3NO3S/c15-14(16,17)10-3-1-2-9(6-10)13-7-11(19)8-18(13)22(20,21)12-4-5-12/h1-3,6,11-13,19H,4-5,7-8H2/t11-,13-/m1/s1. The summed E-state index contributed by atoms with van der Waals surface area (Å²) in [4.78, 5) is 0. The van der Waals surface area contributed by atoms with Crippen LogP contribution in [0.1, 0.15) is 36.4 Å². The summed E-state index contributed by atoms with van der Waals surface area (Å²) >= 11 is 0. The van der Waals surface area contributed by atoms with E-state index >= 15 is 0 Å². The number of β-amino-alcohol motifs (C(OH)–C–C–N with tert-alkyl or cyclic N) is 1. The molecule has 1 aliphatic carbocycles. The Kier molecular flexibility index (Phi) is 3.73. The van der Waals surface area contributed by atoms with Gasteiger partial charge in [0.05, 0.1) is 23.0 Å². The highest BCUT2D eigenvalue weighted by molar-refractivity contribution is 7.90. The van der Waals surface area contributed by atoms with Crippen molar-refractivity contribution in [3.05, 3.63) is 35.4 Å². The minimum absolute atomic E-state index is 0.0558. The lowest BCUT2D eigenvalue weighted by molar-refractivity contribution is -0.137. The van der Waals surface area contributed by atoms with Gasteiger partial charge in [0.1, 0.15) is 0 Å². The van der Waals surface area contributed by atoms with Crippen molar-refractivity contribution in [3.63, 3.8) is 0 Å². The highest BCUT2D eigenvalue weighted by atomic mass is 32.2. The van der Waals surface area contributed by atoms with Gasteiger partial charge in [0.15, 0.2) is 0 Å². The summed E-state index contributed by atoms with van der Waals surface area (Å²) in [5.74, 6) is 0. The summed E-state index contributed by atoms with van der Waals surface area (Å²) in [5.41, 5.74) is -0.536. The number of aliphatic hydroxyl groups excluding tert-OH is 1. The molecule has 0 spiro atoms. The van der Waals surface area contributed by atoms with E-state index in [1.54, 1.807) is 0 Å². The number of nitrogens with zero attached hydrogens (tertiary/aromatic N) is 1. The van der Waals surface area contributed by atoms with Crippen molar-refractivity contribution in [3.8, 4) is 0 Å². The molecule has 0 aromatic heterocycles. The molecule has 1 aromatic rings. The van der Waals surface area contributed by atoms with Crippen LogP contribution in [0.2, 0.25) is 0 Å². The Morgan fingerprint density at radius 2 is 1.91 bits per heavy atom. The molecule has 2 atom stereocenters. The van der Waals surface area contributed by atoms with Crippen molar-refractivity contribution < 1.29 is 26.7 Å². The fourth-order valence-corrected chi connectivity index (χ4v) is 4.91. The quantitative estimate of drug-likeness (QED) is 0.922. The molecule has 0 radical (unpaired) electrons.